The lowest BCUT2D eigenvalue weighted by molar-refractivity contribution is -0.117. The van der Waals surface area contributed by atoms with Crippen LogP contribution in [0.1, 0.15) is 11.3 Å². The van der Waals surface area contributed by atoms with Crippen LogP contribution >= 0.6 is 11.3 Å². The van der Waals surface area contributed by atoms with Gasteiger partial charge in [-0.25, -0.2) is 4.98 Å². The standard InChI is InChI=1S/C14H11N3OS/c1-17-12-3-2-9(6-10(12)7-13(17)18)14-16-11(4-5-15)8-19-14/h2-3,6,8H,4,7H2,1H3. The zero-order valence-corrected chi connectivity index (χ0v) is 11.2. The number of rotatable bonds is 2. The Hall–Kier alpha value is -2.19. The summed E-state index contributed by atoms with van der Waals surface area (Å²) in [6.45, 7) is 0. The maximum absolute atomic E-state index is 11.6. The molecule has 94 valence electrons. The molecule has 1 aliphatic rings. The van der Waals surface area contributed by atoms with E-state index in [9.17, 15) is 4.79 Å². The van der Waals surface area contributed by atoms with E-state index in [-0.39, 0.29) is 5.91 Å². The maximum atomic E-state index is 11.6. The van der Waals surface area contributed by atoms with Gasteiger partial charge >= 0.3 is 0 Å². The number of nitrogens with zero attached hydrogens (tertiary/aromatic N) is 3. The van der Waals surface area contributed by atoms with Crippen molar-refractivity contribution >= 4 is 22.9 Å². The van der Waals surface area contributed by atoms with Gasteiger partial charge in [-0.3, -0.25) is 4.79 Å². The van der Waals surface area contributed by atoms with Crippen molar-refractivity contribution in [3.05, 3.63) is 34.8 Å². The average molecular weight is 269 g/mol. The number of anilines is 1. The predicted octanol–water partition coefficient (Wildman–Crippen LogP) is 2.40. The number of amides is 1. The Morgan fingerprint density at radius 2 is 2.37 bits per heavy atom. The van der Waals surface area contributed by atoms with Crippen molar-refractivity contribution in [1.29, 1.82) is 5.26 Å². The summed E-state index contributed by atoms with van der Waals surface area (Å²) in [6, 6.07) is 8.05. The van der Waals surface area contributed by atoms with Crippen LogP contribution in [0.5, 0.6) is 0 Å². The number of nitriles is 1. The molecule has 0 N–H and O–H groups in total. The highest BCUT2D eigenvalue weighted by molar-refractivity contribution is 7.13. The lowest BCUT2D eigenvalue weighted by Gasteiger charge is -2.09. The molecular formula is C14H11N3OS. The molecule has 0 spiro atoms. The lowest BCUT2D eigenvalue weighted by atomic mass is 10.1. The summed E-state index contributed by atoms with van der Waals surface area (Å²) in [5.74, 6) is 0.122. The molecule has 1 aliphatic heterocycles. The maximum Gasteiger partial charge on any atom is 0.231 e. The largest absolute Gasteiger partial charge is 0.315 e. The van der Waals surface area contributed by atoms with E-state index >= 15 is 0 Å². The highest BCUT2D eigenvalue weighted by Crippen LogP contribution is 2.33. The molecule has 1 aromatic heterocycles. The zero-order valence-electron chi connectivity index (χ0n) is 10.4. The number of fused-ring (bicyclic) bond motifs is 1. The first-order chi connectivity index (χ1) is 9.19. The molecule has 0 radical (unpaired) electrons. The van der Waals surface area contributed by atoms with Gasteiger partial charge < -0.3 is 4.90 Å². The molecule has 2 aromatic rings. The van der Waals surface area contributed by atoms with Crippen LogP contribution in [0.2, 0.25) is 0 Å². The molecule has 1 amide bonds. The lowest BCUT2D eigenvalue weighted by Crippen LogP contribution is -2.20. The number of thiazole rings is 1. The molecule has 0 atom stereocenters. The fourth-order valence-electron chi connectivity index (χ4n) is 2.20. The molecular weight excluding hydrogens is 258 g/mol. The average Bonchev–Trinajstić information content (AvgIpc) is 2.96. The molecule has 5 heteroatoms. The second-order valence-electron chi connectivity index (χ2n) is 4.45. The fraction of sp³-hybridized carbons (Fsp3) is 0.214. The Morgan fingerprint density at radius 1 is 1.53 bits per heavy atom. The number of hydrogen-bond donors (Lipinski definition) is 0. The summed E-state index contributed by atoms with van der Waals surface area (Å²) in [5.41, 5.74) is 3.83. The molecule has 19 heavy (non-hydrogen) atoms. The third kappa shape index (κ3) is 2.00. The summed E-state index contributed by atoms with van der Waals surface area (Å²) in [7, 11) is 1.79. The number of benzene rings is 1. The Kier molecular flexibility index (Phi) is 2.80. The second-order valence-corrected chi connectivity index (χ2v) is 5.31. The highest BCUT2D eigenvalue weighted by atomic mass is 32.1. The van der Waals surface area contributed by atoms with Gasteiger partial charge in [-0.1, -0.05) is 0 Å². The van der Waals surface area contributed by atoms with E-state index in [1.165, 1.54) is 11.3 Å². The molecule has 0 saturated heterocycles. The summed E-state index contributed by atoms with van der Waals surface area (Å²) in [5, 5.41) is 11.5. The van der Waals surface area contributed by atoms with Crippen LogP contribution in [0.4, 0.5) is 5.69 Å². The van der Waals surface area contributed by atoms with Gasteiger partial charge in [-0.2, -0.15) is 5.26 Å². The van der Waals surface area contributed by atoms with Crippen LogP contribution in [-0.2, 0) is 17.6 Å². The van der Waals surface area contributed by atoms with Crippen LogP contribution in [0.15, 0.2) is 23.6 Å². The molecule has 0 unspecified atom stereocenters. The van der Waals surface area contributed by atoms with Crippen LogP contribution in [0.25, 0.3) is 10.6 Å². The molecule has 1 aromatic carbocycles. The van der Waals surface area contributed by atoms with E-state index in [2.05, 4.69) is 11.1 Å². The Balaban J connectivity index is 1.97. The second kappa shape index (κ2) is 4.48. The minimum Gasteiger partial charge on any atom is -0.315 e. The Morgan fingerprint density at radius 3 is 3.16 bits per heavy atom. The first kappa shape index (κ1) is 11.9. The van der Waals surface area contributed by atoms with Gasteiger partial charge in [0.1, 0.15) is 5.01 Å². The Bertz CT molecular complexity index is 699. The molecule has 4 nitrogen and oxygen atoms in total. The number of hydrogen-bond acceptors (Lipinski definition) is 4. The number of likely N-dealkylation sites (N-methyl/N-ethyl adjacent to an activating group) is 1. The van der Waals surface area contributed by atoms with E-state index in [0.29, 0.717) is 12.8 Å². The third-order valence-corrected chi connectivity index (χ3v) is 4.16. The number of carbonyl (C=O) groups is 1. The van der Waals surface area contributed by atoms with Gasteiger partial charge in [0.15, 0.2) is 0 Å². The number of aromatic nitrogens is 1. The van der Waals surface area contributed by atoms with Gasteiger partial charge in [0.2, 0.25) is 5.91 Å². The summed E-state index contributed by atoms with van der Waals surface area (Å²) >= 11 is 1.53. The Labute approximate surface area is 114 Å². The third-order valence-electron chi connectivity index (χ3n) is 3.22. The quantitative estimate of drug-likeness (QED) is 0.841. The summed E-state index contributed by atoms with van der Waals surface area (Å²) in [6.07, 6.45) is 0.790. The monoisotopic (exact) mass is 269 g/mol. The van der Waals surface area contributed by atoms with Gasteiger partial charge in [-0.05, 0) is 23.8 Å². The van der Waals surface area contributed by atoms with E-state index in [1.54, 1.807) is 11.9 Å². The van der Waals surface area contributed by atoms with Gasteiger partial charge in [0, 0.05) is 23.7 Å². The molecule has 3 rings (SSSR count). The van der Waals surface area contributed by atoms with Crippen molar-refractivity contribution in [3.8, 4) is 16.6 Å². The minimum absolute atomic E-state index is 0.122. The van der Waals surface area contributed by atoms with Crippen LogP contribution < -0.4 is 4.90 Å². The van der Waals surface area contributed by atoms with Crippen molar-refractivity contribution in [2.75, 3.05) is 11.9 Å². The van der Waals surface area contributed by atoms with Crippen LogP contribution in [0, 0.1) is 11.3 Å². The van der Waals surface area contributed by atoms with Crippen LogP contribution in [0.3, 0.4) is 0 Å². The van der Waals surface area contributed by atoms with E-state index in [4.69, 9.17) is 5.26 Å². The molecule has 2 heterocycles. The molecule has 0 saturated carbocycles. The van der Waals surface area contributed by atoms with E-state index in [1.807, 2.05) is 23.6 Å². The van der Waals surface area contributed by atoms with Crippen LogP contribution in [-0.4, -0.2) is 17.9 Å². The van der Waals surface area contributed by atoms with E-state index < -0.39 is 0 Å². The first-order valence-electron chi connectivity index (χ1n) is 5.90. The predicted molar refractivity (Wildman–Crippen MR) is 74.0 cm³/mol. The first-order valence-corrected chi connectivity index (χ1v) is 6.78. The SMILES string of the molecule is CN1C(=O)Cc2cc(-c3nc(CC#N)cs3)ccc21. The van der Waals surface area contributed by atoms with E-state index in [0.717, 1.165) is 27.5 Å². The summed E-state index contributed by atoms with van der Waals surface area (Å²) in [4.78, 5) is 17.8. The minimum atomic E-state index is 0.122. The smallest absolute Gasteiger partial charge is 0.231 e. The molecule has 0 aliphatic carbocycles. The zero-order chi connectivity index (χ0) is 13.4. The van der Waals surface area contributed by atoms with Crippen molar-refractivity contribution in [1.82, 2.24) is 4.98 Å². The normalized spacial score (nSPS) is 13.5. The van der Waals surface area contributed by atoms with Gasteiger partial charge in [-0.15, -0.1) is 11.3 Å². The van der Waals surface area contributed by atoms with Gasteiger partial charge in [0.25, 0.3) is 0 Å². The molecule has 0 bridgehead atoms. The van der Waals surface area contributed by atoms with Crippen molar-refractivity contribution in [2.24, 2.45) is 0 Å². The molecule has 0 fully saturated rings. The van der Waals surface area contributed by atoms with Crippen molar-refractivity contribution in [3.63, 3.8) is 0 Å². The highest BCUT2D eigenvalue weighted by Gasteiger charge is 2.24. The van der Waals surface area contributed by atoms with Crippen molar-refractivity contribution in [2.45, 2.75) is 12.8 Å². The summed E-state index contributed by atoms with van der Waals surface area (Å²) < 4.78 is 0. The van der Waals surface area contributed by atoms with Crippen molar-refractivity contribution < 1.29 is 4.79 Å². The topological polar surface area (TPSA) is 57.0 Å². The number of carbonyl (C=O) groups excluding carboxylic acids is 1. The fourth-order valence-corrected chi connectivity index (χ4v) is 3.02. The van der Waals surface area contributed by atoms with Gasteiger partial charge in [0.05, 0.1) is 24.6 Å².